The number of hydrogen-bond donors (Lipinski definition) is 0. The van der Waals surface area contributed by atoms with Gasteiger partial charge in [-0.2, -0.15) is 0 Å². The smallest absolute Gasteiger partial charge is 0.307 e. The van der Waals surface area contributed by atoms with Crippen LogP contribution in [0.2, 0.25) is 0 Å². The number of benzene rings is 1. The van der Waals surface area contributed by atoms with Crippen LogP contribution < -0.4 is 0 Å². The van der Waals surface area contributed by atoms with E-state index in [2.05, 4.69) is 56.9 Å². The largest absolute Gasteiger partial charge is 0.466 e. The predicted molar refractivity (Wildman–Crippen MR) is 87.4 cm³/mol. The van der Waals surface area contributed by atoms with E-state index in [1.54, 1.807) is 0 Å². The summed E-state index contributed by atoms with van der Waals surface area (Å²) in [5, 5.41) is 0. The maximum absolute atomic E-state index is 11.9. The second-order valence-electron chi connectivity index (χ2n) is 6.98. The molecule has 0 aliphatic carbocycles. The second-order valence-corrected chi connectivity index (χ2v) is 6.98. The summed E-state index contributed by atoms with van der Waals surface area (Å²) in [5.74, 6) is -0.159. The Morgan fingerprint density at radius 2 is 1.52 bits per heavy atom. The third-order valence-corrected chi connectivity index (χ3v) is 4.15. The predicted octanol–water partition coefficient (Wildman–Crippen LogP) is 3.71. The van der Waals surface area contributed by atoms with Gasteiger partial charge in [0.05, 0.1) is 18.6 Å². The zero-order chi connectivity index (χ0) is 16.3. The molecule has 0 aliphatic rings. The lowest BCUT2D eigenvalue weighted by molar-refractivity contribution is -0.146. The fourth-order valence-electron chi connectivity index (χ4n) is 2.34. The van der Waals surface area contributed by atoms with E-state index in [1.165, 1.54) is 5.56 Å². The molecular formula is C18H29NO2. The van der Waals surface area contributed by atoms with Gasteiger partial charge in [-0.15, -0.1) is 0 Å². The van der Waals surface area contributed by atoms with Gasteiger partial charge in [-0.3, -0.25) is 9.69 Å². The zero-order valence-corrected chi connectivity index (χ0v) is 14.5. The molecule has 0 radical (unpaired) electrons. The molecule has 118 valence electrons. The number of ether oxygens (including phenoxy) is 1. The molecule has 1 aromatic carbocycles. The van der Waals surface area contributed by atoms with Crippen molar-refractivity contribution in [2.45, 2.75) is 52.0 Å². The normalized spacial score (nSPS) is 14.9. The van der Waals surface area contributed by atoms with Crippen LogP contribution in [0.25, 0.3) is 0 Å². The molecule has 0 saturated heterocycles. The zero-order valence-electron chi connectivity index (χ0n) is 14.5. The molecular weight excluding hydrogens is 262 g/mol. The highest BCUT2D eigenvalue weighted by molar-refractivity contribution is 5.71. The minimum Gasteiger partial charge on any atom is -0.466 e. The van der Waals surface area contributed by atoms with Crippen molar-refractivity contribution in [2.75, 3.05) is 20.7 Å². The first-order chi connectivity index (χ1) is 9.61. The van der Waals surface area contributed by atoms with E-state index in [0.29, 0.717) is 13.0 Å². The Balaban J connectivity index is 3.08. The molecule has 3 nitrogen and oxygen atoms in total. The SMILES string of the molecule is CCOC(=O)CC(C)(c1ccc(C(C)(C)C)cc1)N(C)C. The summed E-state index contributed by atoms with van der Waals surface area (Å²) in [4.78, 5) is 14.0. The first-order valence-electron chi connectivity index (χ1n) is 7.55. The molecule has 0 N–H and O–H groups in total. The van der Waals surface area contributed by atoms with E-state index in [-0.39, 0.29) is 16.9 Å². The van der Waals surface area contributed by atoms with Gasteiger partial charge in [-0.05, 0) is 44.5 Å². The molecule has 1 unspecified atom stereocenters. The van der Waals surface area contributed by atoms with Crippen LogP contribution in [-0.4, -0.2) is 31.6 Å². The minimum atomic E-state index is -0.358. The van der Waals surface area contributed by atoms with Crippen molar-refractivity contribution >= 4 is 5.97 Å². The Labute approximate surface area is 129 Å². The minimum absolute atomic E-state index is 0.133. The monoisotopic (exact) mass is 291 g/mol. The van der Waals surface area contributed by atoms with Crippen LogP contribution in [0.4, 0.5) is 0 Å². The van der Waals surface area contributed by atoms with Crippen molar-refractivity contribution in [3.05, 3.63) is 35.4 Å². The number of rotatable bonds is 5. The van der Waals surface area contributed by atoms with Gasteiger partial charge in [0.1, 0.15) is 0 Å². The van der Waals surface area contributed by atoms with Crippen molar-refractivity contribution < 1.29 is 9.53 Å². The van der Waals surface area contributed by atoms with Crippen molar-refractivity contribution in [3.63, 3.8) is 0 Å². The molecule has 1 atom stereocenters. The van der Waals surface area contributed by atoms with Gasteiger partial charge in [-0.1, -0.05) is 45.0 Å². The molecule has 0 spiro atoms. The average Bonchev–Trinajstić information content (AvgIpc) is 2.37. The Bertz CT molecular complexity index is 471. The number of esters is 1. The third kappa shape index (κ3) is 4.31. The maximum Gasteiger partial charge on any atom is 0.307 e. The van der Waals surface area contributed by atoms with Gasteiger partial charge in [0, 0.05) is 0 Å². The van der Waals surface area contributed by atoms with Crippen LogP contribution in [-0.2, 0) is 20.5 Å². The molecule has 1 rings (SSSR count). The van der Waals surface area contributed by atoms with Crippen LogP contribution in [0.15, 0.2) is 24.3 Å². The first-order valence-corrected chi connectivity index (χ1v) is 7.55. The fourth-order valence-corrected chi connectivity index (χ4v) is 2.34. The van der Waals surface area contributed by atoms with Crippen LogP contribution in [0.1, 0.15) is 52.2 Å². The van der Waals surface area contributed by atoms with Gasteiger partial charge < -0.3 is 4.74 Å². The third-order valence-electron chi connectivity index (χ3n) is 4.15. The lowest BCUT2D eigenvalue weighted by Gasteiger charge is -2.36. The summed E-state index contributed by atoms with van der Waals surface area (Å²) in [6.45, 7) is 10.9. The van der Waals surface area contributed by atoms with E-state index in [0.717, 1.165) is 5.56 Å². The lowest BCUT2D eigenvalue weighted by atomic mass is 9.82. The van der Waals surface area contributed by atoms with Crippen LogP contribution >= 0.6 is 0 Å². The molecule has 21 heavy (non-hydrogen) atoms. The summed E-state index contributed by atoms with van der Waals surface area (Å²) < 4.78 is 5.12. The number of carbonyl (C=O) groups excluding carboxylic acids is 1. The van der Waals surface area contributed by atoms with Gasteiger partial charge in [0.2, 0.25) is 0 Å². The molecule has 0 aliphatic heterocycles. The summed E-state index contributed by atoms with van der Waals surface area (Å²) in [5.41, 5.74) is 2.20. The first kappa shape index (κ1) is 17.7. The van der Waals surface area contributed by atoms with Crippen molar-refractivity contribution in [1.82, 2.24) is 4.90 Å². The Morgan fingerprint density at radius 1 is 1.05 bits per heavy atom. The standard InChI is InChI=1S/C18H29NO2/c1-8-21-16(20)13-18(5,19(6)7)15-11-9-14(10-12-15)17(2,3)4/h9-12H,8,13H2,1-7H3. The molecule has 0 amide bonds. The number of hydrogen-bond acceptors (Lipinski definition) is 3. The van der Waals surface area contributed by atoms with Crippen LogP contribution in [0, 0.1) is 0 Å². The molecule has 0 saturated carbocycles. The number of nitrogens with zero attached hydrogens (tertiary/aromatic N) is 1. The van der Waals surface area contributed by atoms with E-state index in [4.69, 9.17) is 4.74 Å². The topological polar surface area (TPSA) is 29.5 Å². The molecule has 0 fully saturated rings. The fraction of sp³-hybridized carbons (Fsp3) is 0.611. The quantitative estimate of drug-likeness (QED) is 0.774. The van der Waals surface area contributed by atoms with Crippen molar-refractivity contribution in [1.29, 1.82) is 0 Å². The molecule has 0 heterocycles. The molecule has 3 heteroatoms. The Kier molecular flexibility index (Phi) is 5.57. The van der Waals surface area contributed by atoms with Gasteiger partial charge in [0.15, 0.2) is 0 Å². The van der Waals surface area contributed by atoms with Crippen LogP contribution in [0.3, 0.4) is 0 Å². The van der Waals surface area contributed by atoms with Crippen molar-refractivity contribution in [2.24, 2.45) is 0 Å². The Morgan fingerprint density at radius 3 is 1.90 bits per heavy atom. The summed E-state index contributed by atoms with van der Waals surface area (Å²) >= 11 is 0. The summed E-state index contributed by atoms with van der Waals surface area (Å²) in [6, 6.07) is 8.56. The second kappa shape index (κ2) is 6.61. The lowest BCUT2D eigenvalue weighted by Crippen LogP contribution is -2.41. The Hall–Kier alpha value is -1.35. The van der Waals surface area contributed by atoms with E-state index in [9.17, 15) is 4.79 Å². The summed E-state index contributed by atoms with van der Waals surface area (Å²) in [7, 11) is 3.99. The average molecular weight is 291 g/mol. The highest BCUT2D eigenvalue weighted by Crippen LogP contribution is 2.32. The van der Waals surface area contributed by atoms with Crippen LogP contribution in [0.5, 0.6) is 0 Å². The van der Waals surface area contributed by atoms with E-state index in [1.807, 2.05) is 21.0 Å². The van der Waals surface area contributed by atoms with Crippen molar-refractivity contribution in [3.8, 4) is 0 Å². The van der Waals surface area contributed by atoms with Gasteiger partial charge in [0.25, 0.3) is 0 Å². The number of carbonyl (C=O) groups is 1. The van der Waals surface area contributed by atoms with Gasteiger partial charge >= 0.3 is 5.97 Å². The molecule has 0 aromatic heterocycles. The molecule has 0 bridgehead atoms. The maximum atomic E-state index is 11.9. The molecule has 1 aromatic rings. The summed E-state index contributed by atoms with van der Waals surface area (Å²) in [6.07, 6.45) is 0.350. The van der Waals surface area contributed by atoms with E-state index >= 15 is 0 Å². The highest BCUT2D eigenvalue weighted by Gasteiger charge is 2.32. The highest BCUT2D eigenvalue weighted by atomic mass is 16.5. The van der Waals surface area contributed by atoms with Gasteiger partial charge in [-0.25, -0.2) is 0 Å². The van der Waals surface area contributed by atoms with E-state index < -0.39 is 0 Å².